The van der Waals surface area contributed by atoms with Gasteiger partial charge in [-0.25, -0.2) is 15.0 Å². The van der Waals surface area contributed by atoms with Crippen LogP contribution in [-0.4, -0.2) is 15.0 Å². The highest BCUT2D eigenvalue weighted by atomic mass is 32.1. The van der Waals surface area contributed by atoms with Gasteiger partial charge in [0.1, 0.15) is 11.2 Å². The third-order valence-electron chi connectivity index (χ3n) is 10.6. The van der Waals surface area contributed by atoms with E-state index in [1.807, 2.05) is 6.07 Å². The molecule has 0 saturated carbocycles. The first-order chi connectivity index (χ1) is 26.7. The van der Waals surface area contributed by atoms with Crippen molar-refractivity contribution in [3.63, 3.8) is 0 Å². The Kier molecular flexibility index (Phi) is 7.13. The van der Waals surface area contributed by atoms with Gasteiger partial charge in [-0.3, -0.25) is 0 Å². The minimum Gasteiger partial charge on any atom is -0.455 e. The Morgan fingerprint density at radius 3 is 2.11 bits per heavy atom. The van der Waals surface area contributed by atoms with E-state index in [0.29, 0.717) is 17.5 Å². The average Bonchev–Trinajstić information content (AvgIpc) is 3.83. The van der Waals surface area contributed by atoms with Gasteiger partial charge < -0.3 is 4.42 Å². The number of allylic oxidation sites excluding steroid dienone is 4. The number of furan rings is 1. The van der Waals surface area contributed by atoms with Crippen LogP contribution in [0.4, 0.5) is 0 Å². The summed E-state index contributed by atoms with van der Waals surface area (Å²) in [5.41, 5.74) is 9.34. The van der Waals surface area contributed by atoms with Crippen LogP contribution in [0.15, 0.2) is 168 Å². The van der Waals surface area contributed by atoms with E-state index in [1.54, 1.807) is 11.3 Å². The largest absolute Gasteiger partial charge is 0.455 e. The number of rotatable bonds is 5. The SMILES string of the molecule is C1=CCCC(c2ccc(-c3cccc(-c4nc(-c5ccc6ccccc6c5)nc(-c5cccc6sc7ccccc7c56)n4)c3)c3c2oc2ccccc23)=C1. The van der Waals surface area contributed by atoms with Crippen LogP contribution < -0.4 is 0 Å². The van der Waals surface area contributed by atoms with Crippen molar-refractivity contribution in [1.82, 2.24) is 15.0 Å². The maximum absolute atomic E-state index is 6.64. The Morgan fingerprint density at radius 1 is 0.500 bits per heavy atom. The van der Waals surface area contributed by atoms with Gasteiger partial charge in [0, 0.05) is 53.2 Å². The Labute approximate surface area is 315 Å². The zero-order chi connectivity index (χ0) is 35.6. The van der Waals surface area contributed by atoms with Crippen molar-refractivity contribution in [2.24, 2.45) is 0 Å². The fourth-order valence-corrected chi connectivity index (χ4v) is 9.15. The molecule has 0 saturated heterocycles. The molecule has 11 rings (SSSR count). The van der Waals surface area contributed by atoms with Crippen molar-refractivity contribution < 1.29 is 4.42 Å². The molecule has 0 bridgehead atoms. The number of thiophene rings is 1. The molecule has 0 fully saturated rings. The molecule has 1 aliphatic rings. The first-order valence-electron chi connectivity index (χ1n) is 18.3. The summed E-state index contributed by atoms with van der Waals surface area (Å²) < 4.78 is 9.10. The Hall–Kier alpha value is -6.69. The zero-order valence-corrected chi connectivity index (χ0v) is 30.0. The van der Waals surface area contributed by atoms with Crippen LogP contribution in [-0.2, 0) is 0 Å². The van der Waals surface area contributed by atoms with E-state index < -0.39 is 0 Å². The quantitative estimate of drug-likeness (QED) is 0.178. The minimum atomic E-state index is 0.630. The smallest absolute Gasteiger partial charge is 0.164 e. The molecule has 54 heavy (non-hydrogen) atoms. The van der Waals surface area contributed by atoms with Gasteiger partial charge in [-0.15, -0.1) is 11.3 Å². The maximum Gasteiger partial charge on any atom is 0.164 e. The maximum atomic E-state index is 6.64. The van der Waals surface area contributed by atoms with Crippen molar-refractivity contribution in [2.75, 3.05) is 0 Å². The van der Waals surface area contributed by atoms with Crippen molar-refractivity contribution in [3.05, 3.63) is 169 Å². The molecule has 5 heteroatoms. The fraction of sp³-hybridized carbons (Fsp3) is 0.0408. The zero-order valence-electron chi connectivity index (χ0n) is 29.2. The summed E-state index contributed by atoms with van der Waals surface area (Å²) >= 11 is 1.80. The summed E-state index contributed by atoms with van der Waals surface area (Å²) in [6.45, 7) is 0. The molecule has 0 radical (unpaired) electrons. The molecule has 0 amide bonds. The predicted octanol–water partition coefficient (Wildman–Crippen LogP) is 13.7. The van der Waals surface area contributed by atoms with Gasteiger partial charge in [0.25, 0.3) is 0 Å². The van der Waals surface area contributed by atoms with Crippen LogP contribution in [0.2, 0.25) is 0 Å². The van der Waals surface area contributed by atoms with Gasteiger partial charge in [0.2, 0.25) is 0 Å². The van der Waals surface area contributed by atoms with Gasteiger partial charge in [0.15, 0.2) is 17.5 Å². The number of hydrogen-bond acceptors (Lipinski definition) is 5. The topological polar surface area (TPSA) is 51.8 Å². The van der Waals surface area contributed by atoms with Gasteiger partial charge in [-0.1, -0.05) is 133 Å². The summed E-state index contributed by atoms with van der Waals surface area (Å²) in [6, 6.07) is 51.3. The summed E-state index contributed by atoms with van der Waals surface area (Å²) in [5, 5.41) is 6.94. The highest BCUT2D eigenvalue weighted by molar-refractivity contribution is 7.25. The molecular weight excluding hydrogens is 679 g/mol. The second-order valence-electron chi connectivity index (χ2n) is 13.8. The standard InChI is InChI=1S/C49H31N3OS/c1-2-13-31(14-3-1)37-27-26-36(45-38-18-6-8-21-41(38)53-46(37)45)33-16-10-17-34(29-33)47-50-48(35-25-24-30-12-4-5-15-32(30)28-35)52-49(51-47)40-20-11-23-43-44(40)39-19-7-9-22-42(39)54-43/h1-2,4-13,15-29H,3,14H2. The number of hydrogen-bond donors (Lipinski definition) is 0. The van der Waals surface area contributed by atoms with Gasteiger partial charge in [-0.05, 0) is 70.6 Å². The van der Waals surface area contributed by atoms with Gasteiger partial charge >= 0.3 is 0 Å². The van der Waals surface area contributed by atoms with Crippen LogP contribution in [0.5, 0.6) is 0 Å². The molecule has 0 unspecified atom stereocenters. The lowest BCUT2D eigenvalue weighted by atomic mass is 9.91. The molecule has 10 aromatic rings. The van der Waals surface area contributed by atoms with E-state index in [2.05, 4.69) is 158 Å². The molecule has 0 atom stereocenters. The van der Waals surface area contributed by atoms with E-state index in [-0.39, 0.29) is 0 Å². The molecule has 0 N–H and O–H groups in total. The van der Waals surface area contributed by atoms with Crippen LogP contribution in [0.1, 0.15) is 18.4 Å². The molecule has 0 aliphatic heterocycles. The molecule has 0 spiro atoms. The van der Waals surface area contributed by atoms with Crippen LogP contribution in [0.3, 0.4) is 0 Å². The summed E-state index contributed by atoms with van der Waals surface area (Å²) in [5.74, 6) is 1.93. The molecule has 3 aromatic heterocycles. The van der Waals surface area contributed by atoms with E-state index in [0.717, 1.165) is 73.5 Å². The van der Waals surface area contributed by atoms with Crippen LogP contribution in [0, 0.1) is 0 Å². The Morgan fingerprint density at radius 2 is 1.22 bits per heavy atom. The minimum absolute atomic E-state index is 0.630. The van der Waals surface area contributed by atoms with Gasteiger partial charge in [-0.2, -0.15) is 0 Å². The lowest BCUT2D eigenvalue weighted by molar-refractivity contribution is 0.667. The highest BCUT2D eigenvalue weighted by Crippen LogP contribution is 2.43. The summed E-state index contributed by atoms with van der Waals surface area (Å²) in [7, 11) is 0. The number of benzene rings is 7. The number of fused-ring (bicyclic) bond motifs is 7. The van der Waals surface area contributed by atoms with Crippen LogP contribution in [0.25, 0.3) is 104 Å². The normalized spacial score (nSPS) is 13.1. The number of para-hydroxylation sites is 1. The van der Waals surface area contributed by atoms with Crippen LogP contribution >= 0.6 is 11.3 Å². The third-order valence-corrected chi connectivity index (χ3v) is 11.7. The predicted molar refractivity (Wildman–Crippen MR) is 226 cm³/mol. The Balaban J connectivity index is 1.12. The first kappa shape index (κ1) is 30.9. The lowest BCUT2D eigenvalue weighted by Crippen LogP contribution is -2.00. The van der Waals surface area contributed by atoms with E-state index in [1.165, 1.54) is 31.1 Å². The second kappa shape index (κ2) is 12.5. The first-order valence-corrected chi connectivity index (χ1v) is 19.1. The van der Waals surface area contributed by atoms with Gasteiger partial charge in [0.05, 0.1) is 0 Å². The highest BCUT2D eigenvalue weighted by Gasteiger charge is 2.21. The summed E-state index contributed by atoms with van der Waals surface area (Å²) in [6.07, 6.45) is 8.62. The molecule has 4 nitrogen and oxygen atoms in total. The number of aromatic nitrogens is 3. The van der Waals surface area contributed by atoms with Crippen molar-refractivity contribution in [2.45, 2.75) is 12.8 Å². The molecule has 254 valence electrons. The third kappa shape index (κ3) is 5.08. The summed E-state index contributed by atoms with van der Waals surface area (Å²) in [4.78, 5) is 15.7. The van der Waals surface area contributed by atoms with E-state index >= 15 is 0 Å². The average molecular weight is 710 g/mol. The van der Waals surface area contributed by atoms with Crippen molar-refractivity contribution in [1.29, 1.82) is 0 Å². The lowest BCUT2D eigenvalue weighted by Gasteiger charge is -2.13. The monoisotopic (exact) mass is 709 g/mol. The van der Waals surface area contributed by atoms with Crippen molar-refractivity contribution >= 4 is 69.8 Å². The molecule has 7 aromatic carbocycles. The molecular formula is C49H31N3OS. The van der Waals surface area contributed by atoms with E-state index in [4.69, 9.17) is 19.4 Å². The second-order valence-corrected chi connectivity index (χ2v) is 14.9. The fourth-order valence-electron chi connectivity index (χ4n) is 8.02. The molecule has 3 heterocycles. The number of nitrogens with zero attached hydrogens (tertiary/aromatic N) is 3. The molecule has 1 aliphatic carbocycles. The van der Waals surface area contributed by atoms with E-state index in [9.17, 15) is 0 Å². The van der Waals surface area contributed by atoms with Crippen molar-refractivity contribution in [3.8, 4) is 45.3 Å². The Bertz CT molecular complexity index is 3180.